The van der Waals surface area contributed by atoms with Gasteiger partial charge in [-0.15, -0.1) is 0 Å². The molecule has 34 heavy (non-hydrogen) atoms. The van der Waals surface area contributed by atoms with Crippen LogP contribution in [0.5, 0.6) is 0 Å². The van der Waals surface area contributed by atoms with E-state index in [4.69, 9.17) is 4.98 Å². The maximum atomic E-state index is 14.1. The Bertz CT molecular complexity index is 1320. The predicted octanol–water partition coefficient (Wildman–Crippen LogP) is 4.66. The minimum Gasteiger partial charge on any atom is -0.478 e. The number of fused-ring (bicyclic) bond motifs is 1. The van der Waals surface area contributed by atoms with Crippen LogP contribution in [0.25, 0.3) is 5.65 Å². The van der Waals surface area contributed by atoms with Crippen LogP contribution in [0.3, 0.4) is 0 Å². The number of nitrogens with zero attached hydrogens (tertiary/aromatic N) is 3. The fourth-order valence-corrected chi connectivity index (χ4v) is 4.50. The summed E-state index contributed by atoms with van der Waals surface area (Å²) in [4.78, 5) is 31.5. The number of aromatic nitrogens is 2. The first-order valence-corrected chi connectivity index (χ1v) is 11.2. The smallest absolute Gasteiger partial charge is 0.337 e. The van der Waals surface area contributed by atoms with E-state index in [0.29, 0.717) is 28.3 Å². The number of alkyl halides is 2. The van der Waals surface area contributed by atoms with Gasteiger partial charge in [-0.3, -0.25) is 9.20 Å². The molecule has 1 saturated heterocycles. The number of rotatable bonds is 5. The van der Waals surface area contributed by atoms with Crippen LogP contribution in [0.15, 0.2) is 41.3 Å². The molecule has 2 aromatic heterocycles. The lowest BCUT2D eigenvalue weighted by molar-refractivity contribution is -0.0652. The second-order valence-electron chi connectivity index (χ2n) is 9.11. The minimum atomic E-state index is -2.74. The van der Waals surface area contributed by atoms with Crippen LogP contribution in [0.4, 0.5) is 20.3 Å². The summed E-state index contributed by atoms with van der Waals surface area (Å²) in [7, 11) is 0. The van der Waals surface area contributed by atoms with Crippen molar-refractivity contribution in [1.29, 1.82) is 0 Å². The Morgan fingerprint density at radius 3 is 2.68 bits per heavy atom. The molecule has 0 aliphatic carbocycles. The number of carboxylic acids is 1. The van der Waals surface area contributed by atoms with Crippen LogP contribution < -0.4 is 15.8 Å². The number of carbonyl (C=O) groups is 1. The molecule has 1 aromatic carbocycles. The largest absolute Gasteiger partial charge is 0.478 e. The zero-order chi connectivity index (χ0) is 24.8. The van der Waals surface area contributed by atoms with Gasteiger partial charge in [0.2, 0.25) is 0 Å². The molecule has 2 N–H and O–H groups in total. The lowest BCUT2D eigenvalue weighted by atomic mass is 9.95. The zero-order valence-electron chi connectivity index (χ0n) is 19.6. The van der Waals surface area contributed by atoms with Gasteiger partial charge in [-0.1, -0.05) is 19.1 Å². The van der Waals surface area contributed by atoms with Gasteiger partial charge in [0.1, 0.15) is 11.5 Å². The molecule has 2 atom stereocenters. The van der Waals surface area contributed by atoms with Crippen molar-refractivity contribution in [3.05, 3.63) is 69.1 Å². The molecule has 1 aliphatic rings. The highest BCUT2D eigenvalue weighted by atomic mass is 19.3. The van der Waals surface area contributed by atoms with Crippen molar-refractivity contribution in [2.45, 2.75) is 46.1 Å². The Morgan fingerprint density at radius 1 is 1.29 bits per heavy atom. The molecule has 7 nitrogen and oxygen atoms in total. The normalized spacial score (nSPS) is 18.6. The van der Waals surface area contributed by atoms with Crippen molar-refractivity contribution in [2.75, 3.05) is 23.3 Å². The molecular weight excluding hydrogens is 442 g/mol. The number of hydrogen-bond donors (Lipinski definition) is 2. The Balaban J connectivity index is 1.80. The third kappa shape index (κ3) is 4.22. The van der Waals surface area contributed by atoms with Crippen LogP contribution in [0, 0.1) is 19.8 Å². The second kappa shape index (κ2) is 8.70. The van der Waals surface area contributed by atoms with Gasteiger partial charge in [-0.05, 0) is 44.5 Å². The van der Waals surface area contributed by atoms with E-state index in [1.807, 2.05) is 19.9 Å². The number of nitrogens with one attached hydrogen (secondary N) is 1. The Morgan fingerprint density at radius 2 is 2.00 bits per heavy atom. The van der Waals surface area contributed by atoms with Crippen molar-refractivity contribution in [1.82, 2.24) is 9.38 Å². The minimum absolute atomic E-state index is 0.109. The molecule has 3 heterocycles. The van der Waals surface area contributed by atoms with Crippen molar-refractivity contribution in [3.63, 3.8) is 0 Å². The molecule has 1 aliphatic heterocycles. The van der Waals surface area contributed by atoms with Crippen LogP contribution in [-0.2, 0) is 0 Å². The Kier molecular flexibility index (Phi) is 6.05. The lowest BCUT2D eigenvalue weighted by Gasteiger charge is -2.37. The molecule has 1 fully saturated rings. The summed E-state index contributed by atoms with van der Waals surface area (Å²) in [5.74, 6) is -4.23. The van der Waals surface area contributed by atoms with Gasteiger partial charge in [0.15, 0.2) is 0 Å². The summed E-state index contributed by atoms with van der Waals surface area (Å²) in [6.45, 7) is 7.13. The van der Waals surface area contributed by atoms with Crippen molar-refractivity contribution in [3.8, 4) is 0 Å². The Hall–Kier alpha value is -3.49. The van der Waals surface area contributed by atoms with E-state index in [1.54, 1.807) is 36.2 Å². The highest BCUT2D eigenvalue weighted by Gasteiger charge is 2.42. The molecule has 4 rings (SSSR count). The first-order valence-electron chi connectivity index (χ1n) is 11.2. The summed E-state index contributed by atoms with van der Waals surface area (Å²) >= 11 is 0. The van der Waals surface area contributed by atoms with Crippen LogP contribution in [-0.4, -0.2) is 39.5 Å². The van der Waals surface area contributed by atoms with Gasteiger partial charge in [0.05, 0.1) is 17.2 Å². The molecule has 0 bridgehead atoms. The second-order valence-corrected chi connectivity index (χ2v) is 9.11. The van der Waals surface area contributed by atoms with Crippen molar-refractivity contribution >= 4 is 23.1 Å². The molecule has 3 aromatic rings. The fourth-order valence-electron chi connectivity index (χ4n) is 4.50. The van der Waals surface area contributed by atoms with E-state index in [1.165, 1.54) is 17.4 Å². The summed E-state index contributed by atoms with van der Waals surface area (Å²) in [6.07, 6.45) is 1.41. The van der Waals surface area contributed by atoms with E-state index in [2.05, 4.69) is 5.32 Å². The quantitative estimate of drug-likeness (QED) is 0.564. The zero-order valence-corrected chi connectivity index (χ0v) is 19.6. The number of aromatic carboxylic acids is 1. The lowest BCUT2D eigenvalue weighted by Crippen LogP contribution is -2.47. The number of benzene rings is 1. The number of piperidine rings is 1. The summed E-state index contributed by atoms with van der Waals surface area (Å²) in [6, 6.07) is 8.11. The van der Waals surface area contributed by atoms with Crippen LogP contribution >= 0.6 is 0 Å². The fraction of sp³-hybridized carbons (Fsp3) is 0.400. The third-order valence-corrected chi connectivity index (χ3v) is 6.51. The average Bonchev–Trinajstić information content (AvgIpc) is 2.78. The number of pyridine rings is 1. The third-order valence-electron chi connectivity index (χ3n) is 6.51. The molecular formula is C25H28F2N4O3. The highest BCUT2D eigenvalue weighted by Crippen LogP contribution is 2.35. The molecule has 9 heteroatoms. The van der Waals surface area contributed by atoms with Gasteiger partial charge in [0.25, 0.3) is 11.5 Å². The van der Waals surface area contributed by atoms with Gasteiger partial charge >= 0.3 is 5.97 Å². The summed E-state index contributed by atoms with van der Waals surface area (Å²) < 4.78 is 29.6. The highest BCUT2D eigenvalue weighted by molar-refractivity contribution is 5.94. The maximum absolute atomic E-state index is 14.1. The molecule has 0 amide bonds. The van der Waals surface area contributed by atoms with E-state index in [-0.39, 0.29) is 36.7 Å². The number of anilines is 2. The molecule has 0 saturated carbocycles. The average molecular weight is 471 g/mol. The van der Waals surface area contributed by atoms with Gasteiger partial charge in [-0.2, -0.15) is 0 Å². The predicted molar refractivity (Wildman–Crippen MR) is 127 cm³/mol. The number of carboxylic acid groups (broad SMARTS) is 1. The monoisotopic (exact) mass is 470 g/mol. The molecule has 0 spiro atoms. The van der Waals surface area contributed by atoms with Crippen LogP contribution in [0.1, 0.15) is 53.4 Å². The molecule has 0 radical (unpaired) electrons. The van der Waals surface area contributed by atoms with E-state index >= 15 is 0 Å². The van der Waals surface area contributed by atoms with Gasteiger partial charge in [-0.25, -0.2) is 18.6 Å². The van der Waals surface area contributed by atoms with Crippen molar-refractivity contribution in [2.24, 2.45) is 5.92 Å². The first kappa shape index (κ1) is 23.7. The number of para-hydroxylation sites is 1. The van der Waals surface area contributed by atoms with Gasteiger partial charge < -0.3 is 15.3 Å². The first-order chi connectivity index (χ1) is 16.0. The Labute approximate surface area is 196 Å². The number of aryl methyl sites for hydroxylation is 1. The SMILES string of the molecule is Cc1cc([C@@H](C)Nc2ccccc2C(=O)O)c2nc(N3CCC(F)(F)[C@H](C)C3)c(C)c(=O)n2c1. The molecule has 180 valence electrons. The topological polar surface area (TPSA) is 86.9 Å². The van der Waals surface area contributed by atoms with E-state index in [9.17, 15) is 23.5 Å². The summed E-state index contributed by atoms with van der Waals surface area (Å²) in [5, 5.41) is 12.7. The summed E-state index contributed by atoms with van der Waals surface area (Å²) in [5.41, 5.74) is 2.68. The van der Waals surface area contributed by atoms with Crippen LogP contribution in [0.2, 0.25) is 0 Å². The van der Waals surface area contributed by atoms with Crippen molar-refractivity contribution < 1.29 is 18.7 Å². The van der Waals surface area contributed by atoms with Gasteiger partial charge in [0, 0.05) is 42.9 Å². The number of halogens is 2. The standard InChI is InChI=1S/C25H28F2N4O3/c1-14-11-19(17(4)28-20-8-6-5-7-18(20)24(33)34)22-29-21(16(3)23(32)31(22)12-14)30-10-9-25(26,27)15(2)13-30/h5-8,11-12,15,17,28H,9-10,13H2,1-4H3,(H,33,34)/t15-,17-/m1/s1. The number of hydrogen-bond acceptors (Lipinski definition) is 5. The molecule has 0 unspecified atom stereocenters. The maximum Gasteiger partial charge on any atom is 0.337 e. The van der Waals surface area contributed by atoms with E-state index in [0.717, 1.165) is 5.56 Å². The van der Waals surface area contributed by atoms with E-state index < -0.39 is 17.8 Å².